The number of oxime groups is 1. The van der Waals surface area contributed by atoms with Crippen molar-refractivity contribution in [2.75, 3.05) is 0 Å². The van der Waals surface area contributed by atoms with Crippen LogP contribution in [0.4, 0.5) is 0 Å². The smallest absolute Gasteiger partial charge is 0.318 e. The molecule has 0 aromatic heterocycles. The van der Waals surface area contributed by atoms with Gasteiger partial charge in [0.25, 0.3) is 0 Å². The number of carbonyl (C=O) groups is 2. The summed E-state index contributed by atoms with van der Waals surface area (Å²) in [7, 11) is 0. The first-order valence-electron chi connectivity index (χ1n) is 13.7. The Morgan fingerprint density at radius 2 is 1.24 bits per heavy atom. The van der Waals surface area contributed by atoms with Gasteiger partial charge in [-0.2, -0.15) is 0 Å². The van der Waals surface area contributed by atoms with Crippen LogP contribution in [0.2, 0.25) is 0 Å². The van der Waals surface area contributed by atoms with Crippen LogP contribution in [-0.2, 0) is 14.4 Å². The molecule has 0 aliphatic heterocycles. The Balaban J connectivity index is 1.99. The lowest BCUT2D eigenvalue weighted by molar-refractivity contribution is -0.143. The second-order valence-corrected chi connectivity index (χ2v) is 9.94. The Morgan fingerprint density at radius 1 is 0.788 bits per heavy atom. The fraction of sp³-hybridized carbons (Fsp3) is 0.759. The average Bonchev–Trinajstić information content (AvgIpc) is 2.78. The first-order chi connectivity index (χ1) is 16.0. The highest BCUT2D eigenvalue weighted by molar-refractivity contribution is 6.21. The van der Waals surface area contributed by atoms with Crippen molar-refractivity contribution in [2.45, 2.75) is 137 Å². The van der Waals surface area contributed by atoms with Gasteiger partial charge in [-0.25, -0.2) is 4.79 Å². The van der Waals surface area contributed by atoms with Gasteiger partial charge in [-0.1, -0.05) is 122 Å². The van der Waals surface area contributed by atoms with Crippen molar-refractivity contribution >= 4 is 17.5 Å². The van der Waals surface area contributed by atoms with Crippen molar-refractivity contribution in [3.05, 3.63) is 23.3 Å². The Kier molecular flexibility index (Phi) is 16.6. The van der Waals surface area contributed by atoms with Gasteiger partial charge in [0.1, 0.15) is 5.71 Å². The summed E-state index contributed by atoms with van der Waals surface area (Å²) in [6.45, 7) is 8.03. The van der Waals surface area contributed by atoms with E-state index in [1.54, 1.807) is 12.2 Å². The molecular formula is C29H49NO3. The van der Waals surface area contributed by atoms with Gasteiger partial charge < -0.3 is 4.84 Å². The zero-order valence-corrected chi connectivity index (χ0v) is 21.9. The van der Waals surface area contributed by atoms with Gasteiger partial charge >= 0.3 is 5.97 Å². The number of hydrogen-bond donors (Lipinski definition) is 0. The number of unbranched alkanes of at least 4 members (excludes halogenated alkanes) is 15. The highest BCUT2D eigenvalue weighted by Gasteiger charge is 2.19. The maximum Gasteiger partial charge on any atom is 0.335 e. The van der Waals surface area contributed by atoms with Crippen LogP contribution in [0.25, 0.3) is 0 Å². The molecule has 0 amide bonds. The lowest BCUT2D eigenvalue weighted by atomic mass is 9.90. The first-order valence-corrected chi connectivity index (χ1v) is 13.7. The number of rotatable bonds is 19. The van der Waals surface area contributed by atoms with Crippen LogP contribution in [0, 0.1) is 5.92 Å². The number of allylic oxidation sites excluding steroid dienone is 4. The zero-order valence-electron chi connectivity index (χ0n) is 21.9. The first kappa shape index (κ1) is 29.3. The molecule has 4 nitrogen and oxygen atoms in total. The molecule has 1 rings (SSSR count). The van der Waals surface area contributed by atoms with Crippen LogP contribution in [0.3, 0.4) is 0 Å². The van der Waals surface area contributed by atoms with Crippen molar-refractivity contribution in [3.8, 4) is 0 Å². The predicted molar refractivity (Wildman–Crippen MR) is 139 cm³/mol. The molecule has 33 heavy (non-hydrogen) atoms. The van der Waals surface area contributed by atoms with E-state index in [1.807, 2.05) is 20.8 Å². The summed E-state index contributed by atoms with van der Waals surface area (Å²) in [6.07, 6.45) is 24.7. The largest absolute Gasteiger partial charge is 0.335 e. The van der Waals surface area contributed by atoms with Gasteiger partial charge in [0.2, 0.25) is 0 Å². The molecule has 0 N–H and O–H groups in total. The molecule has 0 unspecified atom stereocenters. The van der Waals surface area contributed by atoms with Gasteiger partial charge in [-0.3, -0.25) is 4.79 Å². The van der Waals surface area contributed by atoms with E-state index in [0.717, 1.165) is 18.4 Å². The second-order valence-electron chi connectivity index (χ2n) is 9.94. The third kappa shape index (κ3) is 14.2. The van der Waals surface area contributed by atoms with Gasteiger partial charge in [-0.15, -0.1) is 0 Å². The molecule has 0 fully saturated rings. The monoisotopic (exact) mass is 459 g/mol. The topological polar surface area (TPSA) is 55.7 Å². The summed E-state index contributed by atoms with van der Waals surface area (Å²) in [5.41, 5.74) is 2.01. The number of ketones is 1. The molecular weight excluding hydrogens is 410 g/mol. The van der Waals surface area contributed by atoms with E-state index in [4.69, 9.17) is 4.84 Å². The standard InChI is InChI=1S/C29H49NO3/c1-5-6-7-8-9-10-11-12-13-14-15-16-17-18-19-20-21-29(32)33-30-27-23-26(24(2)3)28(31)22-25(27)4/h22-24H,5-21H2,1-4H3/b30-27-. The zero-order chi connectivity index (χ0) is 24.3. The van der Waals surface area contributed by atoms with Crippen molar-refractivity contribution in [2.24, 2.45) is 11.1 Å². The summed E-state index contributed by atoms with van der Waals surface area (Å²) in [6, 6.07) is 0. The molecule has 0 saturated heterocycles. The molecule has 0 aromatic carbocycles. The summed E-state index contributed by atoms with van der Waals surface area (Å²) >= 11 is 0. The Hall–Kier alpha value is -1.71. The van der Waals surface area contributed by atoms with E-state index in [0.29, 0.717) is 17.7 Å². The molecule has 188 valence electrons. The summed E-state index contributed by atoms with van der Waals surface area (Å²) in [5.74, 6) is -0.161. The van der Waals surface area contributed by atoms with E-state index in [9.17, 15) is 9.59 Å². The average molecular weight is 460 g/mol. The summed E-state index contributed by atoms with van der Waals surface area (Å²) in [4.78, 5) is 29.1. The van der Waals surface area contributed by atoms with Gasteiger partial charge in [0.05, 0.1) is 0 Å². The van der Waals surface area contributed by atoms with Crippen molar-refractivity contribution in [1.29, 1.82) is 0 Å². The molecule has 4 heteroatoms. The van der Waals surface area contributed by atoms with E-state index in [1.165, 1.54) is 89.9 Å². The lowest BCUT2D eigenvalue weighted by Gasteiger charge is -2.14. The van der Waals surface area contributed by atoms with E-state index < -0.39 is 0 Å². The SMILES string of the molecule is CCCCCCCCCCCCCCCCCCC(=O)O/N=C1/C=C(C(C)C)C(=O)C=C1C. The number of nitrogens with zero attached hydrogens (tertiary/aromatic N) is 1. The molecule has 0 aromatic rings. The Labute approximate surface area is 203 Å². The van der Waals surface area contributed by atoms with E-state index in [2.05, 4.69) is 12.1 Å². The van der Waals surface area contributed by atoms with Crippen molar-refractivity contribution < 1.29 is 14.4 Å². The molecule has 0 heterocycles. The molecule has 1 aliphatic rings. The Bertz CT molecular complexity index is 658. The number of hydrogen-bond acceptors (Lipinski definition) is 4. The number of carbonyl (C=O) groups excluding carboxylic acids is 2. The minimum Gasteiger partial charge on any atom is -0.318 e. The summed E-state index contributed by atoms with van der Waals surface area (Å²) in [5, 5.41) is 3.99. The van der Waals surface area contributed by atoms with Crippen LogP contribution < -0.4 is 0 Å². The fourth-order valence-electron chi connectivity index (χ4n) is 4.20. The lowest BCUT2D eigenvalue weighted by Crippen LogP contribution is -2.16. The van der Waals surface area contributed by atoms with Gasteiger partial charge in [0, 0.05) is 12.0 Å². The van der Waals surface area contributed by atoms with Crippen LogP contribution in [0.5, 0.6) is 0 Å². The maximum absolute atomic E-state index is 12.0. The third-order valence-corrected chi connectivity index (χ3v) is 6.43. The predicted octanol–water partition coefficient (Wildman–Crippen LogP) is 8.65. The Morgan fingerprint density at radius 3 is 1.70 bits per heavy atom. The maximum atomic E-state index is 12.0. The second kappa shape index (κ2) is 18.7. The molecule has 0 spiro atoms. The quantitative estimate of drug-likeness (QED) is 0.0840. The molecule has 1 aliphatic carbocycles. The molecule has 0 radical (unpaired) electrons. The van der Waals surface area contributed by atoms with Crippen molar-refractivity contribution in [1.82, 2.24) is 0 Å². The van der Waals surface area contributed by atoms with E-state index in [-0.39, 0.29) is 17.7 Å². The van der Waals surface area contributed by atoms with Crippen LogP contribution in [0.1, 0.15) is 137 Å². The molecule has 0 bridgehead atoms. The van der Waals surface area contributed by atoms with Crippen LogP contribution in [0.15, 0.2) is 28.5 Å². The fourth-order valence-corrected chi connectivity index (χ4v) is 4.20. The van der Waals surface area contributed by atoms with Crippen molar-refractivity contribution in [3.63, 3.8) is 0 Å². The minimum absolute atomic E-state index is 0.0148. The van der Waals surface area contributed by atoms with Crippen LogP contribution in [-0.4, -0.2) is 17.5 Å². The normalized spacial score (nSPS) is 15.2. The van der Waals surface area contributed by atoms with E-state index >= 15 is 0 Å². The summed E-state index contributed by atoms with van der Waals surface area (Å²) < 4.78 is 0. The van der Waals surface area contributed by atoms with Crippen LogP contribution >= 0.6 is 0 Å². The molecule has 0 atom stereocenters. The highest BCUT2D eigenvalue weighted by atomic mass is 16.7. The third-order valence-electron chi connectivity index (χ3n) is 6.43. The van der Waals surface area contributed by atoms with Gasteiger partial charge in [-0.05, 0) is 37.0 Å². The molecule has 0 saturated carbocycles. The van der Waals surface area contributed by atoms with Gasteiger partial charge in [0.15, 0.2) is 5.78 Å². The highest BCUT2D eigenvalue weighted by Crippen LogP contribution is 2.19. The minimum atomic E-state index is -0.294.